The van der Waals surface area contributed by atoms with Gasteiger partial charge in [-0.3, -0.25) is 9.48 Å². The van der Waals surface area contributed by atoms with Crippen LogP contribution in [-0.4, -0.2) is 27.2 Å². The minimum absolute atomic E-state index is 0.267. The molecule has 0 aliphatic heterocycles. The number of nitrogens with one attached hydrogen (secondary N) is 1. The molecule has 0 spiro atoms. The second-order valence-corrected chi connectivity index (χ2v) is 8.73. The minimum Gasteiger partial charge on any atom is -0.356 e. The Labute approximate surface area is 144 Å². The molecule has 1 aromatic heterocycles. The molecular formula is C19H30N4O. The second kappa shape index (κ2) is 6.16. The number of hydrogen-bond acceptors (Lipinski definition) is 3. The molecule has 4 aliphatic rings. The van der Waals surface area contributed by atoms with Crippen LogP contribution in [0.2, 0.25) is 0 Å². The standard InChI is InChI=1S/C19H30N4O/c1-13-21-14(2)23(22-13)5-3-4-20-18(24)12-19-9-15-6-16(10-19)8-17(7-15)11-19/h15-17H,3-12H2,1-2H3,(H,20,24). The van der Waals surface area contributed by atoms with Gasteiger partial charge in [0.05, 0.1) is 0 Å². The van der Waals surface area contributed by atoms with Gasteiger partial charge in [0, 0.05) is 19.5 Å². The van der Waals surface area contributed by atoms with Crippen molar-refractivity contribution in [3.05, 3.63) is 11.6 Å². The highest BCUT2D eigenvalue weighted by Gasteiger charge is 2.51. The highest BCUT2D eigenvalue weighted by atomic mass is 16.1. The monoisotopic (exact) mass is 330 g/mol. The van der Waals surface area contributed by atoms with Crippen molar-refractivity contribution in [3.63, 3.8) is 0 Å². The molecule has 5 rings (SSSR count). The van der Waals surface area contributed by atoms with Gasteiger partial charge in [0.15, 0.2) is 0 Å². The molecule has 0 unspecified atom stereocenters. The Bertz CT molecular complexity index is 586. The summed E-state index contributed by atoms with van der Waals surface area (Å²) in [5.74, 6) is 4.79. The lowest BCUT2D eigenvalue weighted by atomic mass is 9.49. The van der Waals surface area contributed by atoms with Gasteiger partial charge >= 0.3 is 0 Å². The van der Waals surface area contributed by atoms with Gasteiger partial charge in [0.25, 0.3) is 0 Å². The summed E-state index contributed by atoms with van der Waals surface area (Å²) in [5, 5.41) is 7.52. The van der Waals surface area contributed by atoms with Gasteiger partial charge in [0.2, 0.25) is 5.91 Å². The van der Waals surface area contributed by atoms with Gasteiger partial charge in [-0.15, -0.1) is 0 Å². The van der Waals surface area contributed by atoms with Crippen LogP contribution >= 0.6 is 0 Å². The van der Waals surface area contributed by atoms with Crippen LogP contribution in [0.15, 0.2) is 0 Å². The van der Waals surface area contributed by atoms with Crippen molar-refractivity contribution in [1.82, 2.24) is 20.1 Å². The summed E-state index contributed by atoms with van der Waals surface area (Å²) in [5.41, 5.74) is 0.346. The van der Waals surface area contributed by atoms with Gasteiger partial charge in [-0.05, 0) is 82.0 Å². The molecule has 1 aromatic rings. The Morgan fingerprint density at radius 2 is 1.79 bits per heavy atom. The summed E-state index contributed by atoms with van der Waals surface area (Å²) in [6.07, 6.45) is 9.93. The predicted molar refractivity (Wildman–Crippen MR) is 92.3 cm³/mol. The van der Waals surface area contributed by atoms with E-state index < -0.39 is 0 Å². The zero-order valence-corrected chi connectivity index (χ0v) is 15.1. The Balaban J connectivity index is 1.23. The molecule has 4 aliphatic carbocycles. The largest absolute Gasteiger partial charge is 0.356 e. The lowest BCUT2D eigenvalue weighted by molar-refractivity contribution is -0.129. The number of amides is 1. The smallest absolute Gasteiger partial charge is 0.220 e. The quantitative estimate of drug-likeness (QED) is 0.816. The van der Waals surface area contributed by atoms with Crippen LogP contribution < -0.4 is 5.32 Å². The fraction of sp³-hybridized carbons (Fsp3) is 0.842. The van der Waals surface area contributed by atoms with E-state index in [-0.39, 0.29) is 5.91 Å². The van der Waals surface area contributed by atoms with E-state index in [2.05, 4.69) is 15.4 Å². The van der Waals surface area contributed by atoms with E-state index in [0.29, 0.717) is 5.41 Å². The first-order valence-electron chi connectivity index (χ1n) is 9.66. The van der Waals surface area contributed by atoms with Crippen molar-refractivity contribution in [2.75, 3.05) is 6.54 Å². The Morgan fingerprint density at radius 3 is 2.33 bits per heavy atom. The van der Waals surface area contributed by atoms with Crippen LogP contribution in [0.25, 0.3) is 0 Å². The number of aromatic nitrogens is 3. The molecular weight excluding hydrogens is 300 g/mol. The molecule has 5 heteroatoms. The number of nitrogens with zero attached hydrogens (tertiary/aromatic N) is 3. The van der Waals surface area contributed by atoms with Crippen LogP contribution in [0.1, 0.15) is 63.0 Å². The predicted octanol–water partition coefficient (Wildman–Crippen LogP) is 3.01. The molecule has 0 radical (unpaired) electrons. The molecule has 0 atom stereocenters. The Hall–Kier alpha value is -1.39. The minimum atomic E-state index is 0.267. The zero-order valence-electron chi connectivity index (χ0n) is 15.1. The molecule has 132 valence electrons. The van der Waals surface area contributed by atoms with Crippen molar-refractivity contribution < 1.29 is 4.79 Å². The van der Waals surface area contributed by atoms with E-state index in [0.717, 1.165) is 55.3 Å². The molecule has 1 heterocycles. The van der Waals surface area contributed by atoms with Gasteiger partial charge in [0.1, 0.15) is 11.6 Å². The van der Waals surface area contributed by atoms with Gasteiger partial charge in [-0.25, -0.2) is 4.98 Å². The topological polar surface area (TPSA) is 59.8 Å². The number of aryl methyl sites for hydroxylation is 3. The fourth-order valence-electron chi connectivity index (χ4n) is 6.14. The summed E-state index contributed by atoms with van der Waals surface area (Å²) in [6, 6.07) is 0. The third-order valence-electron chi connectivity index (χ3n) is 6.53. The number of carbonyl (C=O) groups is 1. The van der Waals surface area contributed by atoms with Gasteiger partial charge < -0.3 is 5.32 Å². The Kier molecular flexibility index (Phi) is 4.13. The maximum absolute atomic E-state index is 12.5. The normalized spacial score (nSPS) is 33.8. The van der Waals surface area contributed by atoms with E-state index in [1.165, 1.54) is 38.5 Å². The summed E-state index contributed by atoms with van der Waals surface area (Å²) < 4.78 is 1.93. The first-order chi connectivity index (χ1) is 11.5. The summed E-state index contributed by atoms with van der Waals surface area (Å²) in [4.78, 5) is 16.8. The molecule has 4 saturated carbocycles. The maximum Gasteiger partial charge on any atom is 0.220 e. The highest BCUT2D eigenvalue weighted by molar-refractivity contribution is 5.76. The number of rotatable bonds is 6. The molecule has 24 heavy (non-hydrogen) atoms. The van der Waals surface area contributed by atoms with E-state index in [1.807, 2.05) is 18.5 Å². The molecule has 0 aromatic carbocycles. The van der Waals surface area contributed by atoms with E-state index in [1.54, 1.807) is 0 Å². The molecule has 1 amide bonds. The summed E-state index contributed by atoms with van der Waals surface area (Å²) in [6.45, 7) is 5.45. The van der Waals surface area contributed by atoms with E-state index >= 15 is 0 Å². The summed E-state index contributed by atoms with van der Waals surface area (Å²) in [7, 11) is 0. The molecule has 5 nitrogen and oxygen atoms in total. The fourth-order valence-corrected chi connectivity index (χ4v) is 6.14. The Morgan fingerprint density at radius 1 is 1.17 bits per heavy atom. The molecule has 4 fully saturated rings. The molecule has 1 N–H and O–H groups in total. The average Bonchev–Trinajstić information content (AvgIpc) is 2.79. The van der Waals surface area contributed by atoms with Crippen LogP contribution in [0, 0.1) is 37.0 Å². The van der Waals surface area contributed by atoms with E-state index in [9.17, 15) is 4.79 Å². The van der Waals surface area contributed by atoms with E-state index in [4.69, 9.17) is 0 Å². The van der Waals surface area contributed by atoms with Crippen LogP contribution in [0.3, 0.4) is 0 Å². The van der Waals surface area contributed by atoms with Gasteiger partial charge in [-0.1, -0.05) is 0 Å². The first kappa shape index (κ1) is 16.1. The lowest BCUT2D eigenvalue weighted by Crippen LogP contribution is -2.48. The van der Waals surface area contributed by atoms with Crippen LogP contribution in [0.5, 0.6) is 0 Å². The van der Waals surface area contributed by atoms with Crippen molar-refractivity contribution in [2.24, 2.45) is 23.2 Å². The highest BCUT2D eigenvalue weighted by Crippen LogP contribution is 2.61. The first-order valence-corrected chi connectivity index (χ1v) is 9.66. The van der Waals surface area contributed by atoms with Crippen molar-refractivity contribution in [1.29, 1.82) is 0 Å². The SMILES string of the molecule is Cc1nc(C)n(CCCNC(=O)CC23CC4CC(CC(C4)C2)C3)n1. The summed E-state index contributed by atoms with van der Waals surface area (Å²) >= 11 is 0. The third-order valence-corrected chi connectivity index (χ3v) is 6.53. The zero-order chi connectivity index (χ0) is 16.7. The van der Waals surface area contributed by atoms with Crippen molar-refractivity contribution in [3.8, 4) is 0 Å². The van der Waals surface area contributed by atoms with Crippen LogP contribution in [-0.2, 0) is 11.3 Å². The number of hydrogen-bond donors (Lipinski definition) is 1. The van der Waals surface area contributed by atoms with Crippen LogP contribution in [0.4, 0.5) is 0 Å². The maximum atomic E-state index is 12.5. The number of carbonyl (C=O) groups excluding carboxylic acids is 1. The average molecular weight is 330 g/mol. The van der Waals surface area contributed by atoms with Gasteiger partial charge in [-0.2, -0.15) is 5.10 Å². The van der Waals surface area contributed by atoms with Crippen molar-refractivity contribution in [2.45, 2.75) is 71.8 Å². The molecule has 0 saturated heterocycles. The second-order valence-electron chi connectivity index (χ2n) is 8.73. The third kappa shape index (κ3) is 3.22. The molecule has 4 bridgehead atoms. The lowest BCUT2D eigenvalue weighted by Gasteiger charge is -2.56. The van der Waals surface area contributed by atoms with Crippen molar-refractivity contribution >= 4 is 5.91 Å².